The summed E-state index contributed by atoms with van der Waals surface area (Å²) in [6.45, 7) is 0.276. The smallest absolute Gasteiger partial charge is 0.246 e. The van der Waals surface area contributed by atoms with E-state index >= 15 is 0 Å². The van der Waals surface area contributed by atoms with Crippen molar-refractivity contribution < 1.29 is 31.8 Å². The van der Waals surface area contributed by atoms with Crippen LogP contribution in [0.15, 0.2) is 41.3 Å². The van der Waals surface area contributed by atoms with Gasteiger partial charge in [-0.15, -0.1) is 0 Å². The molecule has 0 bridgehead atoms. The van der Waals surface area contributed by atoms with Crippen LogP contribution in [0.1, 0.15) is 18.4 Å². The van der Waals surface area contributed by atoms with E-state index in [4.69, 9.17) is 14.2 Å². The number of halogens is 1. The van der Waals surface area contributed by atoms with Gasteiger partial charge in [-0.3, -0.25) is 4.79 Å². The van der Waals surface area contributed by atoms with Gasteiger partial charge in [0.15, 0.2) is 11.5 Å². The minimum absolute atomic E-state index is 0.125. The van der Waals surface area contributed by atoms with Crippen molar-refractivity contribution in [2.45, 2.75) is 30.3 Å². The number of rotatable bonds is 8. The van der Waals surface area contributed by atoms with Crippen LogP contribution >= 0.6 is 0 Å². The third-order valence-electron chi connectivity index (χ3n) is 5.12. The van der Waals surface area contributed by atoms with Gasteiger partial charge in [0.25, 0.3) is 0 Å². The Hall–Kier alpha value is -2.85. The molecular weight excluding hydrogens is 427 g/mol. The Morgan fingerprint density at radius 1 is 1.13 bits per heavy atom. The molecule has 0 unspecified atom stereocenters. The number of amides is 1. The van der Waals surface area contributed by atoms with Crippen LogP contribution in [0.5, 0.6) is 17.2 Å². The third-order valence-corrected chi connectivity index (χ3v) is 7.06. The van der Waals surface area contributed by atoms with Gasteiger partial charge in [0.05, 0.1) is 21.3 Å². The Morgan fingerprint density at radius 3 is 2.35 bits per heavy atom. The van der Waals surface area contributed by atoms with E-state index in [-0.39, 0.29) is 13.1 Å². The molecule has 0 radical (unpaired) electrons. The van der Waals surface area contributed by atoms with E-state index in [1.54, 1.807) is 12.1 Å². The molecule has 168 valence electrons. The lowest BCUT2D eigenvalue weighted by Crippen LogP contribution is -2.45. The lowest BCUT2D eigenvalue weighted by atomic mass is 10.1. The standard InChI is InChI=1S/C21H25FN2O6S/c1-28-17-11-14(12-18(29-2)20(17)30-3)13-23-21(25)16-8-6-10-24(16)31(26,27)19-9-5-4-7-15(19)22/h4-5,7,9,11-12,16H,6,8,10,13H2,1-3H3,(H,23,25)/t16-/m1/s1. The van der Waals surface area contributed by atoms with E-state index in [0.29, 0.717) is 35.7 Å². The lowest BCUT2D eigenvalue weighted by Gasteiger charge is -2.23. The molecule has 1 atom stereocenters. The molecule has 0 aromatic heterocycles. The van der Waals surface area contributed by atoms with Crippen LogP contribution in [0.3, 0.4) is 0 Å². The summed E-state index contributed by atoms with van der Waals surface area (Å²) in [4.78, 5) is 12.4. The molecule has 1 N–H and O–H groups in total. The van der Waals surface area contributed by atoms with E-state index in [0.717, 1.165) is 10.4 Å². The lowest BCUT2D eigenvalue weighted by molar-refractivity contribution is -0.124. The topological polar surface area (TPSA) is 94.2 Å². The van der Waals surface area contributed by atoms with Gasteiger partial charge in [0.2, 0.25) is 21.7 Å². The summed E-state index contributed by atoms with van der Waals surface area (Å²) >= 11 is 0. The maximum absolute atomic E-state index is 14.1. The molecule has 1 amide bonds. The molecule has 0 aliphatic carbocycles. The number of benzene rings is 2. The first-order chi connectivity index (χ1) is 14.8. The molecule has 0 spiro atoms. The van der Waals surface area contributed by atoms with Crippen molar-refractivity contribution >= 4 is 15.9 Å². The van der Waals surface area contributed by atoms with Crippen LogP contribution in [0.4, 0.5) is 4.39 Å². The van der Waals surface area contributed by atoms with Crippen LogP contribution < -0.4 is 19.5 Å². The molecule has 10 heteroatoms. The molecular formula is C21H25FN2O6S. The molecule has 1 aliphatic rings. The Morgan fingerprint density at radius 2 is 1.77 bits per heavy atom. The van der Waals surface area contributed by atoms with Crippen molar-refractivity contribution in [2.75, 3.05) is 27.9 Å². The number of carbonyl (C=O) groups excluding carboxylic acids is 1. The van der Waals surface area contributed by atoms with Gasteiger partial charge in [-0.2, -0.15) is 4.31 Å². The fourth-order valence-corrected chi connectivity index (χ4v) is 5.34. The van der Waals surface area contributed by atoms with E-state index in [1.807, 2.05) is 0 Å². The maximum atomic E-state index is 14.1. The van der Waals surface area contributed by atoms with Gasteiger partial charge in [0, 0.05) is 13.1 Å². The van der Waals surface area contributed by atoms with Crippen molar-refractivity contribution in [1.82, 2.24) is 9.62 Å². The fraction of sp³-hybridized carbons (Fsp3) is 0.381. The molecule has 1 saturated heterocycles. The molecule has 3 rings (SSSR count). The predicted molar refractivity (Wildman–Crippen MR) is 111 cm³/mol. The van der Waals surface area contributed by atoms with E-state index in [2.05, 4.69) is 5.32 Å². The molecule has 2 aromatic rings. The number of nitrogens with one attached hydrogen (secondary N) is 1. The minimum Gasteiger partial charge on any atom is -0.493 e. The highest BCUT2D eigenvalue weighted by atomic mass is 32.2. The summed E-state index contributed by atoms with van der Waals surface area (Å²) < 4.78 is 56.9. The average Bonchev–Trinajstić information content (AvgIpc) is 3.27. The Labute approximate surface area is 181 Å². The molecule has 1 aliphatic heterocycles. The summed E-state index contributed by atoms with van der Waals surface area (Å²) in [7, 11) is 0.336. The number of carbonyl (C=O) groups is 1. The number of hydrogen-bond donors (Lipinski definition) is 1. The highest BCUT2D eigenvalue weighted by Gasteiger charge is 2.40. The second-order valence-electron chi connectivity index (χ2n) is 6.96. The zero-order valence-corrected chi connectivity index (χ0v) is 18.4. The SMILES string of the molecule is COc1cc(CNC(=O)[C@H]2CCCN2S(=O)(=O)c2ccccc2F)cc(OC)c1OC. The van der Waals surface area contributed by atoms with E-state index in [1.165, 1.54) is 39.5 Å². The van der Waals surface area contributed by atoms with Gasteiger partial charge < -0.3 is 19.5 Å². The van der Waals surface area contributed by atoms with Crippen molar-refractivity contribution in [3.05, 3.63) is 47.8 Å². The van der Waals surface area contributed by atoms with Crippen LogP contribution in [-0.4, -0.2) is 52.5 Å². The van der Waals surface area contributed by atoms with Crippen LogP contribution in [-0.2, 0) is 21.4 Å². The number of ether oxygens (including phenoxy) is 3. The molecule has 31 heavy (non-hydrogen) atoms. The zero-order valence-electron chi connectivity index (χ0n) is 17.6. The molecule has 8 nitrogen and oxygen atoms in total. The monoisotopic (exact) mass is 452 g/mol. The predicted octanol–water partition coefficient (Wildman–Crippen LogP) is 2.32. The first-order valence-corrected chi connectivity index (χ1v) is 11.1. The first kappa shape index (κ1) is 22.8. The number of hydrogen-bond acceptors (Lipinski definition) is 6. The van der Waals surface area contributed by atoms with Gasteiger partial charge in [-0.1, -0.05) is 12.1 Å². The van der Waals surface area contributed by atoms with Crippen molar-refractivity contribution in [3.63, 3.8) is 0 Å². The minimum atomic E-state index is -4.14. The van der Waals surface area contributed by atoms with Crippen LogP contribution in [0.2, 0.25) is 0 Å². The normalized spacial score (nSPS) is 16.7. The van der Waals surface area contributed by atoms with Crippen LogP contribution in [0, 0.1) is 5.82 Å². The first-order valence-electron chi connectivity index (χ1n) is 9.66. The average molecular weight is 453 g/mol. The largest absolute Gasteiger partial charge is 0.493 e. The number of nitrogens with zero attached hydrogens (tertiary/aromatic N) is 1. The summed E-state index contributed by atoms with van der Waals surface area (Å²) in [6.07, 6.45) is 0.866. The Balaban J connectivity index is 1.77. The number of methoxy groups -OCH3 is 3. The van der Waals surface area contributed by atoms with Crippen molar-refractivity contribution in [1.29, 1.82) is 0 Å². The zero-order chi connectivity index (χ0) is 22.6. The molecule has 1 fully saturated rings. The van der Waals surface area contributed by atoms with Gasteiger partial charge >= 0.3 is 0 Å². The highest BCUT2D eigenvalue weighted by molar-refractivity contribution is 7.89. The quantitative estimate of drug-likeness (QED) is 0.661. The molecule has 2 aromatic carbocycles. The summed E-state index contributed by atoms with van der Waals surface area (Å²) in [5.74, 6) is 0.0154. The van der Waals surface area contributed by atoms with Crippen LogP contribution in [0.25, 0.3) is 0 Å². The Kier molecular flexibility index (Phi) is 7.01. The maximum Gasteiger partial charge on any atom is 0.246 e. The number of sulfonamides is 1. The Bertz CT molecular complexity index is 1030. The molecule has 0 saturated carbocycles. The second-order valence-corrected chi connectivity index (χ2v) is 8.81. The third kappa shape index (κ3) is 4.59. The second kappa shape index (κ2) is 9.52. The van der Waals surface area contributed by atoms with E-state index in [9.17, 15) is 17.6 Å². The van der Waals surface area contributed by atoms with E-state index < -0.39 is 32.7 Å². The molecule has 1 heterocycles. The summed E-state index contributed by atoms with van der Waals surface area (Å²) in [5.41, 5.74) is 0.685. The van der Waals surface area contributed by atoms with Gasteiger partial charge in [-0.05, 0) is 42.7 Å². The van der Waals surface area contributed by atoms with Gasteiger partial charge in [-0.25, -0.2) is 12.8 Å². The van der Waals surface area contributed by atoms with Gasteiger partial charge in [0.1, 0.15) is 16.8 Å². The highest BCUT2D eigenvalue weighted by Crippen LogP contribution is 2.38. The van der Waals surface area contributed by atoms with Crippen molar-refractivity contribution in [2.24, 2.45) is 0 Å². The summed E-state index contributed by atoms with van der Waals surface area (Å²) in [5, 5.41) is 2.76. The fourth-order valence-electron chi connectivity index (χ4n) is 3.61. The summed E-state index contributed by atoms with van der Waals surface area (Å²) in [6, 6.07) is 7.64. The van der Waals surface area contributed by atoms with Crippen molar-refractivity contribution in [3.8, 4) is 17.2 Å².